The van der Waals surface area contributed by atoms with Crippen LogP contribution in [0.1, 0.15) is 19.2 Å². The molecule has 88 valence electrons. The highest BCUT2D eigenvalue weighted by atomic mass is 32.1. The van der Waals surface area contributed by atoms with Crippen LogP contribution in [-0.2, 0) is 11.2 Å². The molecule has 1 fully saturated rings. The molecule has 0 aliphatic carbocycles. The Morgan fingerprint density at radius 1 is 1.75 bits per heavy atom. The largest absolute Gasteiger partial charge is 0.480 e. The van der Waals surface area contributed by atoms with Crippen molar-refractivity contribution in [2.24, 2.45) is 5.73 Å². The minimum atomic E-state index is -1.14. The topological polar surface area (TPSA) is 92.3 Å². The molecule has 3 N–H and O–H groups in total. The molecule has 0 aromatic carbocycles. The highest BCUT2D eigenvalue weighted by Gasteiger charge is 2.42. The Kier molecular flexibility index (Phi) is 2.81. The molecule has 0 spiro atoms. The summed E-state index contributed by atoms with van der Waals surface area (Å²) in [6, 6.07) is 0. The van der Waals surface area contributed by atoms with E-state index < -0.39 is 11.5 Å². The number of aryl methyl sites for hydroxylation is 1. The lowest BCUT2D eigenvalue weighted by atomic mass is 10.0. The van der Waals surface area contributed by atoms with Crippen LogP contribution in [-0.4, -0.2) is 39.1 Å². The highest BCUT2D eigenvalue weighted by Crippen LogP contribution is 2.26. The first-order valence-electron chi connectivity index (χ1n) is 5.15. The van der Waals surface area contributed by atoms with Crippen LogP contribution in [0.2, 0.25) is 0 Å². The number of nitrogens with zero attached hydrogens (tertiary/aromatic N) is 3. The van der Waals surface area contributed by atoms with Gasteiger partial charge in [0.05, 0.1) is 0 Å². The number of hydrogen-bond donors (Lipinski definition) is 2. The Hall–Kier alpha value is -1.21. The van der Waals surface area contributed by atoms with E-state index in [9.17, 15) is 4.79 Å². The smallest absolute Gasteiger partial charge is 0.325 e. The minimum absolute atomic E-state index is 0.306. The van der Waals surface area contributed by atoms with Crippen LogP contribution < -0.4 is 10.6 Å². The van der Waals surface area contributed by atoms with Crippen molar-refractivity contribution in [3.63, 3.8) is 0 Å². The number of carboxylic acids is 1. The van der Waals surface area contributed by atoms with E-state index in [1.165, 1.54) is 11.5 Å². The summed E-state index contributed by atoms with van der Waals surface area (Å²) in [6.07, 6.45) is 1.24. The molecule has 2 rings (SSSR count). The average molecular weight is 242 g/mol. The van der Waals surface area contributed by atoms with Gasteiger partial charge >= 0.3 is 5.97 Å². The van der Waals surface area contributed by atoms with Gasteiger partial charge in [0.2, 0.25) is 5.13 Å². The summed E-state index contributed by atoms with van der Waals surface area (Å²) >= 11 is 1.30. The van der Waals surface area contributed by atoms with Gasteiger partial charge in [0, 0.05) is 31.0 Å². The Bertz CT molecular complexity index is 408. The van der Waals surface area contributed by atoms with Gasteiger partial charge < -0.3 is 15.7 Å². The van der Waals surface area contributed by atoms with Crippen LogP contribution in [0.3, 0.4) is 0 Å². The second-order valence-corrected chi connectivity index (χ2v) is 4.71. The fourth-order valence-corrected chi connectivity index (χ4v) is 2.46. The van der Waals surface area contributed by atoms with E-state index >= 15 is 0 Å². The van der Waals surface area contributed by atoms with Crippen molar-refractivity contribution in [3.05, 3.63) is 5.82 Å². The maximum Gasteiger partial charge on any atom is 0.325 e. The normalized spacial score (nSPS) is 25.0. The van der Waals surface area contributed by atoms with E-state index in [0.717, 1.165) is 17.4 Å². The Morgan fingerprint density at radius 2 is 2.50 bits per heavy atom. The third-order valence-corrected chi connectivity index (χ3v) is 3.59. The molecule has 6 nitrogen and oxygen atoms in total. The summed E-state index contributed by atoms with van der Waals surface area (Å²) in [7, 11) is 0. The van der Waals surface area contributed by atoms with Gasteiger partial charge in [-0.15, -0.1) is 0 Å². The van der Waals surface area contributed by atoms with Crippen LogP contribution in [0, 0.1) is 0 Å². The molecule has 2 heterocycles. The third-order valence-electron chi connectivity index (χ3n) is 2.77. The molecule has 1 saturated heterocycles. The van der Waals surface area contributed by atoms with E-state index in [1.807, 2.05) is 11.8 Å². The molecule has 1 aliphatic rings. The first-order chi connectivity index (χ1) is 7.55. The number of nitrogens with two attached hydrogens (primary N) is 1. The van der Waals surface area contributed by atoms with E-state index in [4.69, 9.17) is 10.8 Å². The molecule has 0 saturated carbocycles. The Morgan fingerprint density at radius 3 is 3.00 bits per heavy atom. The van der Waals surface area contributed by atoms with Gasteiger partial charge in [0.25, 0.3) is 0 Å². The Labute approximate surface area is 97.3 Å². The first kappa shape index (κ1) is 11.3. The zero-order valence-corrected chi connectivity index (χ0v) is 9.83. The molecule has 1 unspecified atom stereocenters. The van der Waals surface area contributed by atoms with Crippen LogP contribution in [0.5, 0.6) is 0 Å². The van der Waals surface area contributed by atoms with Crippen LogP contribution in [0.15, 0.2) is 0 Å². The second kappa shape index (κ2) is 3.99. The second-order valence-electron chi connectivity index (χ2n) is 3.98. The van der Waals surface area contributed by atoms with Gasteiger partial charge in [-0.1, -0.05) is 6.92 Å². The zero-order valence-electron chi connectivity index (χ0n) is 9.01. The third kappa shape index (κ3) is 1.88. The number of hydrogen-bond acceptors (Lipinski definition) is 6. The molecule has 0 amide bonds. The summed E-state index contributed by atoms with van der Waals surface area (Å²) in [6.45, 7) is 2.92. The van der Waals surface area contributed by atoms with Crippen LogP contribution in [0.25, 0.3) is 0 Å². The van der Waals surface area contributed by atoms with E-state index in [0.29, 0.717) is 19.5 Å². The molecule has 1 aromatic heterocycles. The SMILES string of the molecule is CCc1nsc(N2CCC(N)(C(=O)O)C2)n1. The minimum Gasteiger partial charge on any atom is -0.480 e. The molecule has 0 radical (unpaired) electrons. The first-order valence-corrected chi connectivity index (χ1v) is 5.92. The van der Waals surface area contributed by atoms with Crippen LogP contribution in [0.4, 0.5) is 5.13 Å². The molecule has 0 bridgehead atoms. The Balaban J connectivity index is 2.11. The summed E-state index contributed by atoms with van der Waals surface area (Å²) in [5, 5.41) is 9.77. The predicted molar refractivity (Wildman–Crippen MR) is 60.7 cm³/mol. The van der Waals surface area contributed by atoms with Crippen molar-refractivity contribution in [2.45, 2.75) is 25.3 Å². The van der Waals surface area contributed by atoms with Gasteiger partial charge in [-0.2, -0.15) is 4.37 Å². The maximum atomic E-state index is 11.0. The van der Waals surface area contributed by atoms with Crippen molar-refractivity contribution >= 4 is 22.6 Å². The monoisotopic (exact) mass is 242 g/mol. The molecule has 1 aromatic rings. The van der Waals surface area contributed by atoms with Crippen molar-refractivity contribution in [1.82, 2.24) is 9.36 Å². The molecule has 1 aliphatic heterocycles. The van der Waals surface area contributed by atoms with Gasteiger partial charge in [-0.05, 0) is 6.42 Å². The van der Waals surface area contributed by atoms with Crippen molar-refractivity contribution in [3.8, 4) is 0 Å². The average Bonchev–Trinajstić information content (AvgIpc) is 2.84. The van der Waals surface area contributed by atoms with Crippen molar-refractivity contribution < 1.29 is 9.90 Å². The zero-order chi connectivity index (χ0) is 11.8. The van der Waals surface area contributed by atoms with E-state index in [-0.39, 0.29) is 0 Å². The van der Waals surface area contributed by atoms with Gasteiger partial charge in [0.15, 0.2) is 0 Å². The maximum absolute atomic E-state index is 11.0. The summed E-state index contributed by atoms with van der Waals surface area (Å²) < 4.78 is 4.17. The number of carboxylic acid groups (broad SMARTS) is 1. The fraction of sp³-hybridized carbons (Fsp3) is 0.667. The van der Waals surface area contributed by atoms with Gasteiger partial charge in [-0.25, -0.2) is 4.98 Å². The van der Waals surface area contributed by atoms with Crippen molar-refractivity contribution in [1.29, 1.82) is 0 Å². The summed E-state index contributed by atoms with van der Waals surface area (Å²) in [5.41, 5.74) is 4.64. The highest BCUT2D eigenvalue weighted by molar-refractivity contribution is 7.09. The summed E-state index contributed by atoms with van der Waals surface area (Å²) in [5.74, 6) is -0.153. The number of anilines is 1. The quantitative estimate of drug-likeness (QED) is 0.780. The molecule has 1 atom stereocenters. The molecular formula is C9H14N4O2S. The van der Waals surface area contributed by atoms with Crippen LogP contribution >= 0.6 is 11.5 Å². The van der Waals surface area contributed by atoms with Crippen molar-refractivity contribution in [2.75, 3.05) is 18.0 Å². The molecule has 16 heavy (non-hydrogen) atoms. The number of rotatable bonds is 3. The van der Waals surface area contributed by atoms with E-state index in [2.05, 4.69) is 9.36 Å². The van der Waals surface area contributed by atoms with E-state index in [1.54, 1.807) is 0 Å². The lowest BCUT2D eigenvalue weighted by Gasteiger charge is -2.18. The number of aliphatic carboxylic acids is 1. The fourth-order valence-electron chi connectivity index (χ4n) is 1.69. The summed E-state index contributed by atoms with van der Waals surface area (Å²) in [4.78, 5) is 17.2. The number of carbonyl (C=O) groups is 1. The molecule has 7 heteroatoms. The van der Waals surface area contributed by atoms with Gasteiger partial charge in [-0.3, -0.25) is 4.79 Å². The predicted octanol–water partition coefficient (Wildman–Crippen LogP) is 0.0927. The molecular weight excluding hydrogens is 228 g/mol. The lowest BCUT2D eigenvalue weighted by Crippen LogP contribution is -2.50. The van der Waals surface area contributed by atoms with Gasteiger partial charge in [0.1, 0.15) is 11.4 Å². The standard InChI is InChI=1S/C9H14N4O2S/c1-2-6-11-8(16-12-6)13-4-3-9(10,5-13)7(14)15/h2-5,10H2,1H3,(H,14,15). The number of aromatic nitrogens is 2. The lowest BCUT2D eigenvalue weighted by molar-refractivity contribution is -0.142.